The molecule has 3 N–H and O–H groups in total. The van der Waals surface area contributed by atoms with E-state index in [1.807, 2.05) is 30.3 Å². The van der Waals surface area contributed by atoms with Gasteiger partial charge in [0.15, 0.2) is 0 Å². The van der Waals surface area contributed by atoms with Crippen molar-refractivity contribution in [2.24, 2.45) is 5.84 Å². The molecular weight excluding hydrogens is 264 g/mol. The number of ether oxygens (including phenoxy) is 2. The molecule has 0 radical (unpaired) electrons. The molecule has 0 fully saturated rings. The van der Waals surface area contributed by atoms with Gasteiger partial charge >= 0.3 is 0 Å². The lowest BCUT2D eigenvalue weighted by molar-refractivity contribution is 0.392. The summed E-state index contributed by atoms with van der Waals surface area (Å²) in [6.07, 6.45) is 0.954. The van der Waals surface area contributed by atoms with Gasteiger partial charge < -0.3 is 9.47 Å². The average molecular weight is 286 g/mol. The summed E-state index contributed by atoms with van der Waals surface area (Å²) in [6.45, 7) is 2.14. The van der Waals surface area contributed by atoms with Gasteiger partial charge in [-0.05, 0) is 35.2 Å². The summed E-state index contributed by atoms with van der Waals surface area (Å²) in [4.78, 5) is 0. The van der Waals surface area contributed by atoms with E-state index in [-0.39, 0.29) is 6.04 Å². The molecule has 21 heavy (non-hydrogen) atoms. The van der Waals surface area contributed by atoms with Crippen molar-refractivity contribution >= 4 is 0 Å². The summed E-state index contributed by atoms with van der Waals surface area (Å²) in [6, 6.07) is 14.0. The second-order valence-electron chi connectivity index (χ2n) is 4.80. The van der Waals surface area contributed by atoms with Crippen molar-refractivity contribution in [1.29, 1.82) is 0 Å². The Balaban J connectivity index is 2.50. The van der Waals surface area contributed by atoms with Crippen LogP contribution in [0.15, 0.2) is 42.5 Å². The molecule has 1 atom stereocenters. The molecule has 2 aromatic carbocycles. The normalized spacial score (nSPS) is 12.0. The summed E-state index contributed by atoms with van der Waals surface area (Å²) in [5.74, 6) is 7.31. The summed E-state index contributed by atoms with van der Waals surface area (Å²) in [5, 5.41) is 0. The van der Waals surface area contributed by atoms with Crippen molar-refractivity contribution in [3.8, 4) is 11.5 Å². The molecule has 2 rings (SSSR count). The van der Waals surface area contributed by atoms with Gasteiger partial charge in [-0.2, -0.15) is 0 Å². The van der Waals surface area contributed by atoms with E-state index in [9.17, 15) is 0 Å². The van der Waals surface area contributed by atoms with Gasteiger partial charge in [0.05, 0.1) is 20.3 Å². The molecule has 4 nitrogen and oxygen atoms in total. The lowest BCUT2D eigenvalue weighted by atomic mass is 9.93. The number of rotatable bonds is 6. The van der Waals surface area contributed by atoms with Crippen molar-refractivity contribution in [3.63, 3.8) is 0 Å². The minimum absolute atomic E-state index is 0.106. The third-order valence-corrected chi connectivity index (χ3v) is 3.62. The highest BCUT2D eigenvalue weighted by molar-refractivity contribution is 5.44. The van der Waals surface area contributed by atoms with Crippen LogP contribution in [0.25, 0.3) is 0 Å². The molecule has 4 heteroatoms. The van der Waals surface area contributed by atoms with Crippen LogP contribution in [0.4, 0.5) is 0 Å². The number of nitrogens with one attached hydrogen (secondary N) is 1. The molecule has 112 valence electrons. The maximum absolute atomic E-state index is 5.81. The first-order valence-electron chi connectivity index (χ1n) is 7.00. The third-order valence-electron chi connectivity index (χ3n) is 3.62. The fourth-order valence-corrected chi connectivity index (χ4v) is 2.50. The Kier molecular flexibility index (Phi) is 5.20. The first-order valence-corrected chi connectivity index (χ1v) is 7.00. The fraction of sp³-hybridized carbons (Fsp3) is 0.294. The number of benzene rings is 2. The van der Waals surface area contributed by atoms with Crippen LogP contribution in [0.5, 0.6) is 11.5 Å². The summed E-state index contributed by atoms with van der Waals surface area (Å²) >= 11 is 0. The SMILES string of the molecule is CCc1ccccc1C(NN)c1cc(OC)cc(OC)c1. The van der Waals surface area contributed by atoms with Gasteiger partial charge in [-0.1, -0.05) is 31.2 Å². The molecule has 0 heterocycles. The van der Waals surface area contributed by atoms with Crippen LogP contribution in [0.1, 0.15) is 29.7 Å². The molecule has 2 aromatic rings. The largest absolute Gasteiger partial charge is 0.497 e. The lowest BCUT2D eigenvalue weighted by Crippen LogP contribution is -2.29. The van der Waals surface area contributed by atoms with Gasteiger partial charge in [-0.25, -0.2) is 5.43 Å². The van der Waals surface area contributed by atoms with Crippen LogP contribution < -0.4 is 20.7 Å². The smallest absolute Gasteiger partial charge is 0.122 e. The number of methoxy groups -OCH3 is 2. The molecule has 0 aliphatic heterocycles. The number of hydrogen-bond donors (Lipinski definition) is 2. The highest BCUT2D eigenvalue weighted by Gasteiger charge is 2.17. The number of hydrogen-bond acceptors (Lipinski definition) is 4. The molecule has 1 unspecified atom stereocenters. The van der Waals surface area contributed by atoms with Gasteiger partial charge in [0.2, 0.25) is 0 Å². The van der Waals surface area contributed by atoms with Gasteiger partial charge in [0, 0.05) is 6.07 Å². The fourth-order valence-electron chi connectivity index (χ4n) is 2.50. The third kappa shape index (κ3) is 3.35. The van der Waals surface area contributed by atoms with E-state index < -0.39 is 0 Å². The van der Waals surface area contributed by atoms with Crippen molar-refractivity contribution in [2.45, 2.75) is 19.4 Å². The second kappa shape index (κ2) is 7.11. The highest BCUT2D eigenvalue weighted by Crippen LogP contribution is 2.31. The van der Waals surface area contributed by atoms with E-state index in [4.69, 9.17) is 15.3 Å². The first-order chi connectivity index (χ1) is 10.2. The number of hydrazine groups is 1. The molecule has 0 spiro atoms. The zero-order chi connectivity index (χ0) is 15.2. The van der Waals surface area contributed by atoms with E-state index >= 15 is 0 Å². The standard InChI is InChI=1S/C17H22N2O2/c1-4-12-7-5-6-8-16(12)17(19-18)13-9-14(20-2)11-15(10-13)21-3/h5-11,17,19H,4,18H2,1-3H3. The molecule has 0 aliphatic rings. The summed E-state index contributed by atoms with van der Waals surface area (Å²) in [5.41, 5.74) is 6.34. The predicted molar refractivity (Wildman–Crippen MR) is 84.5 cm³/mol. The summed E-state index contributed by atoms with van der Waals surface area (Å²) in [7, 11) is 3.28. The molecule has 0 aliphatic carbocycles. The van der Waals surface area contributed by atoms with Crippen molar-refractivity contribution in [1.82, 2.24) is 5.43 Å². The maximum Gasteiger partial charge on any atom is 0.122 e. The van der Waals surface area contributed by atoms with Gasteiger partial charge in [0.25, 0.3) is 0 Å². The van der Waals surface area contributed by atoms with E-state index in [1.165, 1.54) is 5.56 Å². The Morgan fingerprint density at radius 3 is 2.19 bits per heavy atom. The highest BCUT2D eigenvalue weighted by atomic mass is 16.5. The lowest BCUT2D eigenvalue weighted by Gasteiger charge is -2.21. The van der Waals surface area contributed by atoms with Crippen LogP contribution >= 0.6 is 0 Å². The Bertz CT molecular complexity index is 577. The van der Waals surface area contributed by atoms with Crippen LogP contribution in [-0.2, 0) is 6.42 Å². The molecule has 0 bridgehead atoms. The first kappa shape index (κ1) is 15.4. The Morgan fingerprint density at radius 2 is 1.67 bits per heavy atom. The number of aryl methyl sites for hydroxylation is 1. The number of nitrogens with two attached hydrogens (primary N) is 1. The van der Waals surface area contributed by atoms with Crippen molar-refractivity contribution in [3.05, 3.63) is 59.2 Å². The van der Waals surface area contributed by atoms with Gasteiger partial charge in [-0.3, -0.25) is 5.84 Å². The van der Waals surface area contributed by atoms with E-state index in [0.717, 1.165) is 29.0 Å². The molecule has 0 aromatic heterocycles. The minimum Gasteiger partial charge on any atom is -0.497 e. The van der Waals surface area contributed by atoms with Crippen LogP contribution in [0.3, 0.4) is 0 Å². The average Bonchev–Trinajstić information content (AvgIpc) is 2.55. The molecule has 0 saturated heterocycles. The van der Waals surface area contributed by atoms with Crippen LogP contribution in [0, 0.1) is 0 Å². The van der Waals surface area contributed by atoms with E-state index in [2.05, 4.69) is 24.5 Å². The Hall–Kier alpha value is -2.04. The monoisotopic (exact) mass is 286 g/mol. The maximum atomic E-state index is 5.81. The van der Waals surface area contributed by atoms with Crippen LogP contribution in [0.2, 0.25) is 0 Å². The Morgan fingerprint density at radius 1 is 1.05 bits per heavy atom. The zero-order valence-corrected chi connectivity index (χ0v) is 12.7. The zero-order valence-electron chi connectivity index (χ0n) is 12.7. The van der Waals surface area contributed by atoms with Gasteiger partial charge in [0.1, 0.15) is 11.5 Å². The summed E-state index contributed by atoms with van der Waals surface area (Å²) < 4.78 is 10.7. The van der Waals surface area contributed by atoms with E-state index in [1.54, 1.807) is 14.2 Å². The predicted octanol–water partition coefficient (Wildman–Crippen LogP) is 2.82. The molecular formula is C17H22N2O2. The Labute approximate surface area is 125 Å². The van der Waals surface area contributed by atoms with Crippen molar-refractivity contribution in [2.75, 3.05) is 14.2 Å². The van der Waals surface area contributed by atoms with Gasteiger partial charge in [-0.15, -0.1) is 0 Å². The van der Waals surface area contributed by atoms with Crippen molar-refractivity contribution < 1.29 is 9.47 Å². The topological polar surface area (TPSA) is 56.5 Å². The second-order valence-corrected chi connectivity index (χ2v) is 4.80. The minimum atomic E-state index is -0.106. The van der Waals surface area contributed by atoms with Crippen LogP contribution in [-0.4, -0.2) is 14.2 Å². The quantitative estimate of drug-likeness (QED) is 0.633. The molecule has 0 amide bonds. The molecule has 0 saturated carbocycles. The van der Waals surface area contributed by atoms with E-state index in [0.29, 0.717) is 0 Å².